The molecule has 0 spiro atoms. The summed E-state index contributed by atoms with van der Waals surface area (Å²) in [5.74, 6) is 0.361. The predicted octanol–water partition coefficient (Wildman–Crippen LogP) is 1.62. The van der Waals surface area contributed by atoms with E-state index < -0.39 is 5.60 Å². The molecule has 0 saturated heterocycles. The zero-order valence-electron chi connectivity index (χ0n) is 9.99. The lowest BCUT2D eigenvalue weighted by molar-refractivity contribution is 0.000251. The van der Waals surface area contributed by atoms with E-state index in [1.54, 1.807) is 11.9 Å². The van der Waals surface area contributed by atoms with Crippen molar-refractivity contribution < 1.29 is 14.6 Å². The predicted molar refractivity (Wildman–Crippen MR) is 57.6 cm³/mol. The summed E-state index contributed by atoms with van der Waals surface area (Å²) in [6, 6.07) is 0.233. The third-order valence-corrected chi connectivity index (χ3v) is 2.70. The smallest absolute Gasteiger partial charge is 0.410 e. The van der Waals surface area contributed by atoms with Crippen molar-refractivity contribution in [1.82, 2.24) is 4.90 Å². The number of hydrogen-bond donors (Lipinski definition) is 1. The van der Waals surface area contributed by atoms with Gasteiger partial charge in [0, 0.05) is 19.7 Å². The van der Waals surface area contributed by atoms with Crippen LogP contribution in [0, 0.1) is 5.92 Å². The summed E-state index contributed by atoms with van der Waals surface area (Å²) in [5, 5.41) is 8.88. The van der Waals surface area contributed by atoms with Crippen LogP contribution < -0.4 is 0 Å². The Hall–Kier alpha value is -0.770. The number of nitrogens with zero attached hydrogens (tertiary/aromatic N) is 1. The van der Waals surface area contributed by atoms with E-state index in [0.717, 1.165) is 12.8 Å². The van der Waals surface area contributed by atoms with Crippen LogP contribution in [0.2, 0.25) is 0 Å². The van der Waals surface area contributed by atoms with Crippen molar-refractivity contribution >= 4 is 6.09 Å². The van der Waals surface area contributed by atoms with Crippen LogP contribution in [0.4, 0.5) is 4.79 Å². The van der Waals surface area contributed by atoms with Crippen molar-refractivity contribution in [1.29, 1.82) is 0 Å². The average Bonchev–Trinajstić information content (AvgIpc) is 1.98. The Morgan fingerprint density at radius 1 is 1.47 bits per heavy atom. The molecule has 4 heteroatoms. The van der Waals surface area contributed by atoms with E-state index in [2.05, 4.69) is 0 Å². The van der Waals surface area contributed by atoms with Gasteiger partial charge in [-0.15, -0.1) is 0 Å². The van der Waals surface area contributed by atoms with Gasteiger partial charge in [0.25, 0.3) is 0 Å². The molecule has 4 nitrogen and oxygen atoms in total. The summed E-state index contributed by atoms with van der Waals surface area (Å²) >= 11 is 0. The number of carbonyl (C=O) groups is 1. The summed E-state index contributed by atoms with van der Waals surface area (Å²) < 4.78 is 5.25. The van der Waals surface area contributed by atoms with Crippen molar-refractivity contribution in [2.24, 2.45) is 5.92 Å². The normalized spacial score (nSPS) is 25.7. The van der Waals surface area contributed by atoms with Crippen LogP contribution in [0.1, 0.15) is 33.6 Å². The summed E-state index contributed by atoms with van der Waals surface area (Å²) in [7, 11) is 1.76. The first-order chi connectivity index (χ1) is 6.83. The molecule has 0 bridgehead atoms. The Kier molecular flexibility index (Phi) is 3.60. The molecule has 1 aliphatic rings. The molecule has 0 aromatic carbocycles. The molecule has 1 N–H and O–H groups in total. The van der Waals surface area contributed by atoms with Crippen molar-refractivity contribution in [3.8, 4) is 0 Å². The van der Waals surface area contributed by atoms with Gasteiger partial charge in [0.15, 0.2) is 0 Å². The molecule has 88 valence electrons. The maximum atomic E-state index is 11.6. The fourth-order valence-corrected chi connectivity index (χ4v) is 1.65. The zero-order valence-corrected chi connectivity index (χ0v) is 9.99. The van der Waals surface area contributed by atoms with Crippen LogP contribution in [0.25, 0.3) is 0 Å². The van der Waals surface area contributed by atoms with E-state index in [-0.39, 0.29) is 18.7 Å². The molecule has 15 heavy (non-hydrogen) atoms. The molecule has 0 radical (unpaired) electrons. The van der Waals surface area contributed by atoms with E-state index in [1.807, 2.05) is 20.8 Å². The minimum absolute atomic E-state index is 0.221. The molecular weight excluding hydrogens is 194 g/mol. The van der Waals surface area contributed by atoms with Crippen LogP contribution in [-0.4, -0.2) is 41.4 Å². The lowest BCUT2D eigenvalue weighted by Crippen LogP contribution is -2.48. The number of aliphatic hydroxyl groups excluding tert-OH is 1. The summed E-state index contributed by atoms with van der Waals surface area (Å²) in [5.41, 5.74) is -0.439. The van der Waals surface area contributed by atoms with E-state index in [9.17, 15) is 4.79 Å². The molecule has 0 atom stereocenters. The maximum Gasteiger partial charge on any atom is 0.410 e. The average molecular weight is 215 g/mol. The number of hydrogen-bond acceptors (Lipinski definition) is 3. The van der Waals surface area contributed by atoms with Crippen LogP contribution in [-0.2, 0) is 4.74 Å². The van der Waals surface area contributed by atoms with Crippen molar-refractivity contribution in [3.63, 3.8) is 0 Å². The molecule has 1 saturated carbocycles. The monoisotopic (exact) mass is 215 g/mol. The van der Waals surface area contributed by atoms with Crippen molar-refractivity contribution in [2.75, 3.05) is 13.7 Å². The second-order valence-electron chi connectivity index (χ2n) is 5.27. The topological polar surface area (TPSA) is 49.8 Å². The Bertz CT molecular complexity index is 228. The second-order valence-corrected chi connectivity index (χ2v) is 5.27. The molecule has 0 aromatic heterocycles. The number of aliphatic hydroxyl groups is 1. The third kappa shape index (κ3) is 3.38. The first-order valence-corrected chi connectivity index (χ1v) is 5.40. The van der Waals surface area contributed by atoms with Gasteiger partial charge in [0.2, 0.25) is 0 Å². The number of amides is 1. The van der Waals surface area contributed by atoms with Gasteiger partial charge in [0.05, 0.1) is 0 Å². The molecule has 0 aliphatic heterocycles. The highest BCUT2D eigenvalue weighted by Gasteiger charge is 2.35. The van der Waals surface area contributed by atoms with Crippen molar-refractivity contribution in [3.05, 3.63) is 0 Å². The third-order valence-electron chi connectivity index (χ3n) is 2.70. The van der Waals surface area contributed by atoms with Gasteiger partial charge in [-0.25, -0.2) is 4.79 Å². The standard InChI is InChI=1S/C11H21NO3/c1-11(2,3)15-10(14)12(4)9-5-8(6-9)7-13/h8-9,13H,5-7H2,1-4H3. The molecule has 1 rings (SSSR count). The Labute approximate surface area is 91.2 Å². The molecule has 0 unspecified atom stereocenters. The summed E-state index contributed by atoms with van der Waals surface area (Å²) in [6.45, 7) is 5.79. The summed E-state index contributed by atoms with van der Waals surface area (Å²) in [6.07, 6.45) is 1.49. The summed E-state index contributed by atoms with van der Waals surface area (Å²) in [4.78, 5) is 13.3. The van der Waals surface area contributed by atoms with Crippen LogP contribution >= 0.6 is 0 Å². The molecular formula is C11H21NO3. The first-order valence-electron chi connectivity index (χ1n) is 5.40. The molecule has 1 aliphatic carbocycles. The number of rotatable bonds is 2. The molecule has 1 fully saturated rings. The lowest BCUT2D eigenvalue weighted by atomic mass is 9.80. The zero-order chi connectivity index (χ0) is 11.6. The fraction of sp³-hybridized carbons (Fsp3) is 0.909. The SMILES string of the molecule is CN(C(=O)OC(C)(C)C)C1CC(CO)C1. The van der Waals surface area contributed by atoms with E-state index >= 15 is 0 Å². The molecule has 1 amide bonds. The van der Waals surface area contributed by atoms with Gasteiger partial charge in [0.1, 0.15) is 5.60 Å². The van der Waals surface area contributed by atoms with Gasteiger partial charge < -0.3 is 14.7 Å². The van der Waals surface area contributed by atoms with Crippen LogP contribution in [0.5, 0.6) is 0 Å². The second kappa shape index (κ2) is 4.39. The largest absolute Gasteiger partial charge is 0.444 e. The minimum atomic E-state index is -0.439. The van der Waals surface area contributed by atoms with Gasteiger partial charge >= 0.3 is 6.09 Å². The Morgan fingerprint density at radius 2 is 2.00 bits per heavy atom. The molecule has 0 aromatic rings. The lowest BCUT2D eigenvalue weighted by Gasteiger charge is -2.40. The first kappa shape index (κ1) is 12.3. The van der Waals surface area contributed by atoms with E-state index in [1.165, 1.54) is 0 Å². The highest BCUT2D eigenvalue weighted by atomic mass is 16.6. The van der Waals surface area contributed by atoms with Gasteiger partial charge in [-0.2, -0.15) is 0 Å². The minimum Gasteiger partial charge on any atom is -0.444 e. The van der Waals surface area contributed by atoms with Gasteiger partial charge in [-0.1, -0.05) is 0 Å². The van der Waals surface area contributed by atoms with Gasteiger partial charge in [-0.3, -0.25) is 0 Å². The van der Waals surface area contributed by atoms with E-state index in [4.69, 9.17) is 9.84 Å². The highest BCUT2D eigenvalue weighted by Crippen LogP contribution is 2.31. The van der Waals surface area contributed by atoms with E-state index in [0.29, 0.717) is 5.92 Å². The van der Waals surface area contributed by atoms with Gasteiger partial charge in [-0.05, 0) is 39.5 Å². The Balaban J connectivity index is 2.35. The Morgan fingerprint density at radius 3 is 2.40 bits per heavy atom. The van der Waals surface area contributed by atoms with Crippen molar-refractivity contribution in [2.45, 2.75) is 45.3 Å². The quantitative estimate of drug-likeness (QED) is 0.761. The molecule has 0 heterocycles. The maximum absolute atomic E-state index is 11.6. The number of carbonyl (C=O) groups excluding carboxylic acids is 1. The number of ether oxygens (including phenoxy) is 1. The highest BCUT2D eigenvalue weighted by molar-refractivity contribution is 5.68. The van der Waals surface area contributed by atoms with Crippen LogP contribution in [0.3, 0.4) is 0 Å². The van der Waals surface area contributed by atoms with Crippen LogP contribution in [0.15, 0.2) is 0 Å². The fourth-order valence-electron chi connectivity index (χ4n) is 1.65.